The van der Waals surface area contributed by atoms with E-state index in [4.69, 9.17) is 4.74 Å². The molecular weight excluding hydrogens is 178 g/mol. The minimum absolute atomic E-state index is 0.228. The fourth-order valence-electron chi connectivity index (χ4n) is 1.32. The highest BCUT2D eigenvalue weighted by molar-refractivity contribution is 5.67. The summed E-state index contributed by atoms with van der Waals surface area (Å²) in [5.74, 6) is 0. The number of alkyl carbamates (subject to hydrolysis) is 1. The lowest BCUT2D eigenvalue weighted by molar-refractivity contribution is 0.148. The van der Waals surface area contributed by atoms with Gasteiger partial charge >= 0.3 is 6.09 Å². The van der Waals surface area contributed by atoms with Gasteiger partial charge in [-0.15, -0.1) is 0 Å². The first-order valence-corrected chi connectivity index (χ1v) is 5.64. The van der Waals surface area contributed by atoms with Crippen molar-refractivity contribution in [1.29, 1.82) is 0 Å². The van der Waals surface area contributed by atoms with Crippen molar-refractivity contribution >= 4 is 6.09 Å². The molecule has 0 radical (unpaired) electrons. The summed E-state index contributed by atoms with van der Waals surface area (Å²) < 4.78 is 4.79. The minimum atomic E-state index is -0.296. The van der Waals surface area contributed by atoms with Crippen LogP contribution in [-0.4, -0.2) is 18.7 Å². The quantitative estimate of drug-likeness (QED) is 0.643. The molecule has 0 rings (SSSR count). The minimum Gasteiger partial charge on any atom is -0.450 e. The number of hydrogen-bond donors (Lipinski definition) is 1. The first kappa shape index (κ1) is 13.3. The second-order valence-corrected chi connectivity index (χ2v) is 3.62. The lowest BCUT2D eigenvalue weighted by Crippen LogP contribution is -2.32. The van der Waals surface area contributed by atoms with E-state index in [-0.39, 0.29) is 12.1 Å². The van der Waals surface area contributed by atoms with E-state index >= 15 is 0 Å². The van der Waals surface area contributed by atoms with Crippen LogP contribution in [0.15, 0.2) is 0 Å². The molecule has 1 N–H and O–H groups in total. The molecule has 0 fully saturated rings. The number of ether oxygens (including phenoxy) is 1. The molecule has 3 nitrogen and oxygen atoms in total. The van der Waals surface area contributed by atoms with Crippen LogP contribution in [0.5, 0.6) is 0 Å². The van der Waals surface area contributed by atoms with Gasteiger partial charge in [-0.25, -0.2) is 4.79 Å². The molecule has 0 aliphatic rings. The van der Waals surface area contributed by atoms with Crippen LogP contribution < -0.4 is 5.32 Å². The Balaban J connectivity index is 3.35. The van der Waals surface area contributed by atoms with Gasteiger partial charge in [-0.05, 0) is 20.3 Å². The van der Waals surface area contributed by atoms with Crippen LogP contribution in [0.2, 0.25) is 0 Å². The summed E-state index contributed by atoms with van der Waals surface area (Å²) >= 11 is 0. The molecule has 0 spiro atoms. The van der Waals surface area contributed by atoms with Gasteiger partial charge in [0.2, 0.25) is 0 Å². The molecule has 1 amide bonds. The van der Waals surface area contributed by atoms with Gasteiger partial charge in [0.15, 0.2) is 0 Å². The summed E-state index contributed by atoms with van der Waals surface area (Å²) in [6.07, 6.45) is 5.72. The van der Waals surface area contributed by atoms with Gasteiger partial charge in [0.25, 0.3) is 0 Å². The molecule has 3 heteroatoms. The average molecular weight is 201 g/mol. The van der Waals surface area contributed by atoms with E-state index in [0.29, 0.717) is 6.61 Å². The second kappa shape index (κ2) is 8.85. The maximum atomic E-state index is 11.0. The zero-order chi connectivity index (χ0) is 10.8. The van der Waals surface area contributed by atoms with Crippen molar-refractivity contribution in [1.82, 2.24) is 5.32 Å². The first-order valence-electron chi connectivity index (χ1n) is 5.64. The van der Waals surface area contributed by atoms with Crippen LogP contribution in [0, 0.1) is 0 Å². The van der Waals surface area contributed by atoms with Gasteiger partial charge < -0.3 is 10.1 Å². The van der Waals surface area contributed by atoms with Crippen molar-refractivity contribution in [2.24, 2.45) is 0 Å². The standard InChI is InChI=1S/C11H23NO2/c1-4-6-7-8-9-10(3)12-11(13)14-5-2/h10H,4-9H2,1-3H3,(H,12,13)/t10-/m0/s1. The first-order chi connectivity index (χ1) is 6.70. The fraction of sp³-hybridized carbons (Fsp3) is 0.909. The molecule has 0 saturated carbocycles. The van der Waals surface area contributed by atoms with E-state index in [1.165, 1.54) is 25.7 Å². The van der Waals surface area contributed by atoms with Crippen LogP contribution in [0.25, 0.3) is 0 Å². The monoisotopic (exact) mass is 201 g/mol. The van der Waals surface area contributed by atoms with Crippen LogP contribution in [0.1, 0.15) is 52.9 Å². The van der Waals surface area contributed by atoms with E-state index in [0.717, 1.165) is 6.42 Å². The molecule has 0 heterocycles. The number of carbonyl (C=O) groups excluding carboxylic acids is 1. The van der Waals surface area contributed by atoms with Gasteiger partial charge in [0, 0.05) is 6.04 Å². The van der Waals surface area contributed by atoms with Crippen molar-refractivity contribution < 1.29 is 9.53 Å². The van der Waals surface area contributed by atoms with Crippen molar-refractivity contribution in [2.75, 3.05) is 6.61 Å². The van der Waals surface area contributed by atoms with Crippen molar-refractivity contribution in [3.05, 3.63) is 0 Å². The number of carbonyl (C=O) groups is 1. The molecule has 0 aromatic heterocycles. The molecule has 84 valence electrons. The molecule has 0 aromatic rings. The summed E-state index contributed by atoms with van der Waals surface area (Å²) in [4.78, 5) is 11.0. The van der Waals surface area contributed by atoms with E-state index in [2.05, 4.69) is 12.2 Å². The van der Waals surface area contributed by atoms with E-state index in [1.807, 2.05) is 13.8 Å². The highest BCUT2D eigenvalue weighted by Crippen LogP contribution is 2.05. The fourth-order valence-corrected chi connectivity index (χ4v) is 1.32. The Labute approximate surface area is 87.2 Å². The lowest BCUT2D eigenvalue weighted by Gasteiger charge is -2.12. The van der Waals surface area contributed by atoms with Crippen molar-refractivity contribution in [2.45, 2.75) is 58.9 Å². The Morgan fingerprint density at radius 1 is 1.29 bits per heavy atom. The second-order valence-electron chi connectivity index (χ2n) is 3.62. The molecule has 1 atom stereocenters. The summed E-state index contributed by atoms with van der Waals surface area (Å²) in [6, 6.07) is 0.228. The largest absolute Gasteiger partial charge is 0.450 e. The van der Waals surface area contributed by atoms with Crippen LogP contribution >= 0.6 is 0 Å². The zero-order valence-corrected chi connectivity index (χ0v) is 9.64. The summed E-state index contributed by atoms with van der Waals surface area (Å²) in [5, 5.41) is 2.80. The number of amides is 1. The third kappa shape index (κ3) is 7.90. The maximum absolute atomic E-state index is 11.0. The molecule has 0 aromatic carbocycles. The normalized spacial score (nSPS) is 12.2. The van der Waals surface area contributed by atoms with Gasteiger partial charge in [0.1, 0.15) is 0 Å². The zero-order valence-electron chi connectivity index (χ0n) is 9.64. The Hall–Kier alpha value is -0.730. The smallest absolute Gasteiger partial charge is 0.407 e. The van der Waals surface area contributed by atoms with E-state index < -0.39 is 0 Å². The third-order valence-corrected chi connectivity index (χ3v) is 2.13. The number of hydrogen-bond acceptors (Lipinski definition) is 2. The Morgan fingerprint density at radius 3 is 2.57 bits per heavy atom. The Bertz CT molecular complexity index is 148. The lowest BCUT2D eigenvalue weighted by atomic mass is 10.1. The van der Waals surface area contributed by atoms with Crippen molar-refractivity contribution in [3.63, 3.8) is 0 Å². The van der Waals surface area contributed by atoms with Gasteiger partial charge in [-0.2, -0.15) is 0 Å². The molecule has 14 heavy (non-hydrogen) atoms. The van der Waals surface area contributed by atoms with Crippen LogP contribution in [0.4, 0.5) is 4.79 Å². The molecule has 0 aliphatic heterocycles. The highest BCUT2D eigenvalue weighted by atomic mass is 16.5. The summed E-state index contributed by atoms with van der Waals surface area (Å²) in [7, 11) is 0. The molecule has 0 aliphatic carbocycles. The molecule has 0 bridgehead atoms. The SMILES string of the molecule is CCCCCC[C@H](C)NC(=O)OCC. The van der Waals surface area contributed by atoms with E-state index in [9.17, 15) is 4.79 Å². The van der Waals surface area contributed by atoms with Crippen molar-refractivity contribution in [3.8, 4) is 0 Å². The topological polar surface area (TPSA) is 38.3 Å². The average Bonchev–Trinajstić information content (AvgIpc) is 2.13. The van der Waals surface area contributed by atoms with Crippen LogP contribution in [-0.2, 0) is 4.74 Å². The van der Waals surface area contributed by atoms with Gasteiger partial charge in [-0.3, -0.25) is 0 Å². The Morgan fingerprint density at radius 2 is 2.00 bits per heavy atom. The molecule has 0 saturated heterocycles. The third-order valence-electron chi connectivity index (χ3n) is 2.13. The van der Waals surface area contributed by atoms with Gasteiger partial charge in [0.05, 0.1) is 6.61 Å². The number of unbranched alkanes of at least 4 members (excludes halogenated alkanes) is 3. The Kier molecular flexibility index (Phi) is 8.39. The number of rotatable bonds is 7. The highest BCUT2D eigenvalue weighted by Gasteiger charge is 2.06. The molecular formula is C11H23NO2. The van der Waals surface area contributed by atoms with Crippen LogP contribution in [0.3, 0.4) is 0 Å². The predicted octanol–water partition coefficient (Wildman–Crippen LogP) is 3.09. The number of nitrogens with one attached hydrogen (secondary N) is 1. The summed E-state index contributed by atoms with van der Waals surface area (Å²) in [6.45, 7) is 6.46. The predicted molar refractivity (Wildman–Crippen MR) is 58.4 cm³/mol. The van der Waals surface area contributed by atoms with E-state index in [1.54, 1.807) is 0 Å². The summed E-state index contributed by atoms with van der Waals surface area (Å²) in [5.41, 5.74) is 0. The molecule has 0 unspecified atom stereocenters. The van der Waals surface area contributed by atoms with Gasteiger partial charge in [-0.1, -0.05) is 32.6 Å². The maximum Gasteiger partial charge on any atom is 0.407 e.